The number of piperidine rings is 1. The second-order valence-electron chi connectivity index (χ2n) is 8.27. The summed E-state index contributed by atoms with van der Waals surface area (Å²) in [7, 11) is 0. The Morgan fingerprint density at radius 1 is 1.18 bits per heavy atom. The third-order valence-electron chi connectivity index (χ3n) is 6.13. The molecule has 0 aromatic heterocycles. The first kappa shape index (κ1) is 23.4. The first-order valence-electron chi connectivity index (χ1n) is 10.1. The van der Waals surface area contributed by atoms with E-state index in [2.05, 4.69) is 40.7 Å². The Hall–Kier alpha value is -0.850. The van der Waals surface area contributed by atoms with Crippen LogP contribution in [0.4, 0.5) is 5.69 Å². The molecule has 7 heteroatoms. The van der Waals surface area contributed by atoms with E-state index in [0.29, 0.717) is 24.4 Å². The molecule has 0 radical (unpaired) electrons. The standard InChI is InChI=1S/C21H31N3O2.2ClH/c1-15-2-3-16(14-24-6-8-26-9-7-24)12-20(15)23-21(25)13-17-10-18-4-5-19(11-17)22-18;;/h2-3,12,17-19,22H,4-11,13-14H2,1H3,(H,23,25);2*1H. The van der Waals surface area contributed by atoms with Crippen molar-refractivity contribution in [3.8, 4) is 0 Å². The van der Waals surface area contributed by atoms with Gasteiger partial charge in [0.15, 0.2) is 0 Å². The average molecular weight is 430 g/mol. The number of hydrogen-bond donors (Lipinski definition) is 2. The van der Waals surface area contributed by atoms with Gasteiger partial charge in [0.05, 0.1) is 13.2 Å². The highest BCUT2D eigenvalue weighted by Gasteiger charge is 2.34. The number of aryl methyl sites for hydroxylation is 1. The third kappa shape index (κ3) is 6.07. The highest BCUT2D eigenvalue weighted by Crippen LogP contribution is 2.33. The fourth-order valence-corrected chi connectivity index (χ4v) is 4.72. The summed E-state index contributed by atoms with van der Waals surface area (Å²) in [6, 6.07) is 7.73. The number of carbonyl (C=O) groups is 1. The van der Waals surface area contributed by atoms with Crippen LogP contribution in [0.1, 0.15) is 43.2 Å². The summed E-state index contributed by atoms with van der Waals surface area (Å²) in [5.74, 6) is 0.702. The number of carbonyl (C=O) groups excluding carboxylic acids is 1. The number of anilines is 1. The molecule has 2 unspecified atom stereocenters. The van der Waals surface area contributed by atoms with Gasteiger partial charge in [-0.15, -0.1) is 24.8 Å². The van der Waals surface area contributed by atoms with Crippen molar-refractivity contribution in [3.05, 3.63) is 29.3 Å². The van der Waals surface area contributed by atoms with Crippen LogP contribution in [0.25, 0.3) is 0 Å². The molecule has 0 saturated carbocycles. The molecule has 3 aliphatic rings. The molecule has 2 atom stereocenters. The predicted octanol–water partition coefficient (Wildman–Crippen LogP) is 3.53. The molecule has 3 heterocycles. The summed E-state index contributed by atoms with van der Waals surface area (Å²) in [6.45, 7) is 6.58. The van der Waals surface area contributed by atoms with Crippen LogP contribution in [0.2, 0.25) is 0 Å². The summed E-state index contributed by atoms with van der Waals surface area (Å²) in [5.41, 5.74) is 3.36. The molecule has 3 fully saturated rings. The highest BCUT2D eigenvalue weighted by atomic mass is 35.5. The molecule has 1 amide bonds. The number of nitrogens with one attached hydrogen (secondary N) is 2. The van der Waals surface area contributed by atoms with E-state index in [9.17, 15) is 4.79 Å². The lowest BCUT2D eigenvalue weighted by Crippen LogP contribution is -2.39. The lowest BCUT2D eigenvalue weighted by Gasteiger charge is -2.28. The zero-order chi connectivity index (χ0) is 17.9. The monoisotopic (exact) mass is 429 g/mol. The lowest BCUT2D eigenvalue weighted by molar-refractivity contribution is -0.117. The van der Waals surface area contributed by atoms with Crippen molar-refractivity contribution in [1.29, 1.82) is 0 Å². The number of morpholine rings is 1. The van der Waals surface area contributed by atoms with E-state index in [0.717, 1.165) is 56.9 Å². The molecule has 1 aromatic carbocycles. The van der Waals surface area contributed by atoms with Gasteiger partial charge in [0.1, 0.15) is 0 Å². The number of hydrogen-bond acceptors (Lipinski definition) is 4. The van der Waals surface area contributed by atoms with Crippen LogP contribution in [-0.2, 0) is 16.1 Å². The van der Waals surface area contributed by atoms with Crippen LogP contribution in [-0.4, -0.2) is 49.2 Å². The Balaban J connectivity index is 0.00000140. The molecule has 0 aliphatic carbocycles. The second kappa shape index (κ2) is 10.8. The van der Waals surface area contributed by atoms with Crippen LogP contribution in [0, 0.1) is 12.8 Å². The Morgan fingerprint density at radius 3 is 2.54 bits per heavy atom. The van der Waals surface area contributed by atoms with Crippen LogP contribution < -0.4 is 10.6 Å². The van der Waals surface area contributed by atoms with E-state index >= 15 is 0 Å². The van der Waals surface area contributed by atoms with E-state index in [1.165, 1.54) is 18.4 Å². The average Bonchev–Trinajstić information content (AvgIpc) is 2.97. The van der Waals surface area contributed by atoms with Crippen LogP contribution >= 0.6 is 24.8 Å². The van der Waals surface area contributed by atoms with Crippen LogP contribution in [0.3, 0.4) is 0 Å². The molecule has 2 N–H and O–H groups in total. The molecule has 0 spiro atoms. The second-order valence-corrected chi connectivity index (χ2v) is 8.27. The number of rotatable bonds is 5. The van der Waals surface area contributed by atoms with Gasteiger partial charge < -0.3 is 15.4 Å². The van der Waals surface area contributed by atoms with Gasteiger partial charge in [-0.3, -0.25) is 9.69 Å². The Morgan fingerprint density at radius 2 is 1.86 bits per heavy atom. The zero-order valence-corrected chi connectivity index (χ0v) is 18.2. The Kier molecular flexibility index (Phi) is 9.03. The summed E-state index contributed by atoms with van der Waals surface area (Å²) < 4.78 is 5.42. The van der Waals surface area contributed by atoms with Gasteiger partial charge in [-0.2, -0.15) is 0 Å². The number of nitrogens with zero attached hydrogens (tertiary/aromatic N) is 1. The van der Waals surface area contributed by atoms with E-state index in [4.69, 9.17) is 4.74 Å². The quantitative estimate of drug-likeness (QED) is 0.751. The molecular weight excluding hydrogens is 397 g/mol. The maximum Gasteiger partial charge on any atom is 0.224 e. The maximum atomic E-state index is 12.6. The van der Waals surface area contributed by atoms with Crippen molar-refractivity contribution in [3.63, 3.8) is 0 Å². The zero-order valence-electron chi connectivity index (χ0n) is 16.6. The topological polar surface area (TPSA) is 53.6 Å². The minimum Gasteiger partial charge on any atom is -0.379 e. The van der Waals surface area contributed by atoms with Gasteiger partial charge in [0, 0.05) is 43.8 Å². The number of benzene rings is 1. The molecular formula is C21H33Cl2N3O2. The lowest BCUT2D eigenvalue weighted by atomic mass is 9.89. The number of ether oxygens (including phenoxy) is 1. The molecule has 2 bridgehead atoms. The maximum absolute atomic E-state index is 12.6. The number of halogens is 2. The van der Waals surface area contributed by atoms with Gasteiger partial charge in [0.25, 0.3) is 0 Å². The van der Waals surface area contributed by atoms with Gasteiger partial charge >= 0.3 is 0 Å². The first-order chi connectivity index (χ1) is 12.7. The van der Waals surface area contributed by atoms with E-state index < -0.39 is 0 Å². The van der Waals surface area contributed by atoms with Crippen LogP contribution in [0.5, 0.6) is 0 Å². The van der Waals surface area contributed by atoms with E-state index in [1.807, 2.05) is 0 Å². The van der Waals surface area contributed by atoms with Gasteiger partial charge in [0.2, 0.25) is 5.91 Å². The highest BCUT2D eigenvalue weighted by molar-refractivity contribution is 5.91. The Labute approximate surface area is 180 Å². The molecule has 1 aromatic rings. The van der Waals surface area contributed by atoms with E-state index in [-0.39, 0.29) is 30.7 Å². The molecule has 5 nitrogen and oxygen atoms in total. The van der Waals surface area contributed by atoms with Crippen molar-refractivity contribution in [2.75, 3.05) is 31.6 Å². The number of amides is 1. The normalized spacial score (nSPS) is 26.8. The molecule has 158 valence electrons. The third-order valence-corrected chi connectivity index (χ3v) is 6.13. The van der Waals surface area contributed by atoms with Gasteiger partial charge in [-0.25, -0.2) is 0 Å². The largest absolute Gasteiger partial charge is 0.379 e. The van der Waals surface area contributed by atoms with Crippen LogP contribution in [0.15, 0.2) is 18.2 Å². The van der Waals surface area contributed by atoms with Crippen molar-refractivity contribution >= 4 is 36.4 Å². The molecule has 3 aliphatic heterocycles. The summed E-state index contributed by atoms with van der Waals surface area (Å²) in [6.07, 6.45) is 5.53. The molecule has 3 saturated heterocycles. The van der Waals surface area contributed by atoms with Crippen molar-refractivity contribution < 1.29 is 9.53 Å². The van der Waals surface area contributed by atoms with Crippen molar-refractivity contribution in [2.24, 2.45) is 5.92 Å². The number of fused-ring (bicyclic) bond motifs is 2. The molecule has 28 heavy (non-hydrogen) atoms. The predicted molar refractivity (Wildman–Crippen MR) is 118 cm³/mol. The fourth-order valence-electron chi connectivity index (χ4n) is 4.72. The SMILES string of the molecule is Cc1ccc(CN2CCOCC2)cc1NC(=O)CC1CC2CCC(C1)N2.Cl.Cl. The van der Waals surface area contributed by atoms with Crippen molar-refractivity contribution in [1.82, 2.24) is 10.2 Å². The smallest absolute Gasteiger partial charge is 0.224 e. The fraction of sp³-hybridized carbons (Fsp3) is 0.667. The summed E-state index contributed by atoms with van der Waals surface area (Å²) in [4.78, 5) is 15.0. The Bertz CT molecular complexity index is 641. The van der Waals surface area contributed by atoms with Gasteiger partial charge in [-0.05, 0) is 55.7 Å². The minimum absolute atomic E-state index is 0. The minimum atomic E-state index is 0. The molecule has 4 rings (SSSR count). The first-order valence-corrected chi connectivity index (χ1v) is 10.1. The summed E-state index contributed by atoms with van der Waals surface area (Å²) in [5, 5.41) is 6.84. The van der Waals surface area contributed by atoms with Crippen molar-refractivity contribution in [2.45, 2.75) is 57.7 Å². The summed E-state index contributed by atoms with van der Waals surface area (Å²) >= 11 is 0. The van der Waals surface area contributed by atoms with E-state index in [1.54, 1.807) is 0 Å². The van der Waals surface area contributed by atoms with Gasteiger partial charge in [-0.1, -0.05) is 12.1 Å².